The summed E-state index contributed by atoms with van der Waals surface area (Å²) in [5.74, 6) is -0.104. The standard InChI is InChI=1S/C22H27N3O3/c1-18-10-11-20(25(27)28)17-21(18)22(26)24-14-6-13-23(15-16-24)12-5-9-19-7-3-2-4-8-19/h2-4,7-8,10-11,17H,5-6,9,12-16H2,1H3. The van der Waals surface area contributed by atoms with Gasteiger partial charge in [0.2, 0.25) is 0 Å². The molecular weight excluding hydrogens is 354 g/mol. The average molecular weight is 381 g/mol. The maximum absolute atomic E-state index is 12.9. The maximum atomic E-state index is 12.9. The normalized spacial score (nSPS) is 15.2. The van der Waals surface area contributed by atoms with Crippen LogP contribution in [0.4, 0.5) is 5.69 Å². The highest BCUT2D eigenvalue weighted by atomic mass is 16.6. The number of amides is 1. The van der Waals surface area contributed by atoms with Gasteiger partial charge in [-0.3, -0.25) is 14.9 Å². The van der Waals surface area contributed by atoms with Crippen molar-refractivity contribution in [1.29, 1.82) is 0 Å². The van der Waals surface area contributed by atoms with E-state index in [0.29, 0.717) is 18.7 Å². The molecule has 0 spiro atoms. The summed E-state index contributed by atoms with van der Waals surface area (Å²) in [6.07, 6.45) is 3.08. The van der Waals surface area contributed by atoms with E-state index in [1.807, 2.05) is 17.9 Å². The minimum Gasteiger partial charge on any atom is -0.337 e. The number of hydrogen-bond donors (Lipinski definition) is 0. The average Bonchev–Trinajstić information content (AvgIpc) is 2.94. The molecule has 1 aliphatic rings. The van der Waals surface area contributed by atoms with Crippen LogP contribution in [0, 0.1) is 17.0 Å². The van der Waals surface area contributed by atoms with Crippen molar-refractivity contribution < 1.29 is 9.72 Å². The van der Waals surface area contributed by atoms with Crippen LogP contribution in [0.25, 0.3) is 0 Å². The lowest BCUT2D eigenvalue weighted by Gasteiger charge is -2.22. The van der Waals surface area contributed by atoms with E-state index in [1.165, 1.54) is 17.7 Å². The summed E-state index contributed by atoms with van der Waals surface area (Å²) in [6, 6.07) is 15.0. The number of hydrogen-bond acceptors (Lipinski definition) is 4. The van der Waals surface area contributed by atoms with Crippen LogP contribution < -0.4 is 0 Å². The highest BCUT2D eigenvalue weighted by Gasteiger charge is 2.23. The van der Waals surface area contributed by atoms with Crippen LogP contribution in [0.1, 0.15) is 34.3 Å². The molecule has 28 heavy (non-hydrogen) atoms. The molecule has 6 nitrogen and oxygen atoms in total. The molecule has 1 amide bonds. The molecule has 148 valence electrons. The molecule has 1 saturated heterocycles. The zero-order chi connectivity index (χ0) is 19.9. The number of nitro groups is 1. The van der Waals surface area contributed by atoms with Crippen molar-refractivity contribution in [2.24, 2.45) is 0 Å². The summed E-state index contributed by atoms with van der Waals surface area (Å²) >= 11 is 0. The molecule has 0 saturated carbocycles. The van der Waals surface area contributed by atoms with Crippen LogP contribution in [0.5, 0.6) is 0 Å². The summed E-state index contributed by atoms with van der Waals surface area (Å²) in [6.45, 7) is 6.01. The SMILES string of the molecule is Cc1ccc([N+](=O)[O-])cc1C(=O)N1CCCN(CCCc2ccccc2)CC1. The number of nitrogens with zero attached hydrogens (tertiary/aromatic N) is 3. The van der Waals surface area contributed by atoms with Crippen LogP contribution >= 0.6 is 0 Å². The van der Waals surface area contributed by atoms with Gasteiger partial charge in [0.1, 0.15) is 0 Å². The highest BCUT2D eigenvalue weighted by molar-refractivity contribution is 5.96. The number of non-ortho nitro benzene ring substituents is 1. The Kier molecular flexibility index (Phi) is 6.76. The molecule has 1 heterocycles. The van der Waals surface area contributed by atoms with Crippen molar-refractivity contribution in [2.45, 2.75) is 26.2 Å². The van der Waals surface area contributed by atoms with Crippen molar-refractivity contribution in [2.75, 3.05) is 32.7 Å². The fraction of sp³-hybridized carbons (Fsp3) is 0.409. The molecule has 0 aromatic heterocycles. The first kappa shape index (κ1) is 20.0. The van der Waals surface area contributed by atoms with Crippen molar-refractivity contribution in [3.8, 4) is 0 Å². The van der Waals surface area contributed by atoms with E-state index in [2.05, 4.69) is 29.2 Å². The van der Waals surface area contributed by atoms with E-state index in [-0.39, 0.29) is 11.6 Å². The second-order valence-corrected chi connectivity index (χ2v) is 7.33. The Bertz CT molecular complexity index is 823. The van der Waals surface area contributed by atoms with Gasteiger partial charge >= 0.3 is 0 Å². The molecule has 0 aliphatic carbocycles. The van der Waals surface area contributed by atoms with Crippen molar-refractivity contribution in [3.63, 3.8) is 0 Å². The van der Waals surface area contributed by atoms with Gasteiger partial charge in [-0.1, -0.05) is 36.4 Å². The first-order chi connectivity index (χ1) is 13.5. The zero-order valence-corrected chi connectivity index (χ0v) is 16.3. The number of benzene rings is 2. The molecule has 0 bridgehead atoms. The molecule has 0 unspecified atom stereocenters. The monoisotopic (exact) mass is 381 g/mol. The molecule has 3 rings (SSSR count). The first-order valence-corrected chi connectivity index (χ1v) is 9.85. The zero-order valence-electron chi connectivity index (χ0n) is 16.3. The van der Waals surface area contributed by atoms with Gasteiger partial charge in [0.15, 0.2) is 0 Å². The molecule has 2 aromatic rings. The Balaban J connectivity index is 1.55. The number of nitro benzene ring substituents is 1. The summed E-state index contributed by atoms with van der Waals surface area (Å²) in [7, 11) is 0. The maximum Gasteiger partial charge on any atom is 0.270 e. The van der Waals surface area contributed by atoms with E-state index in [0.717, 1.165) is 44.5 Å². The molecular formula is C22H27N3O3. The third kappa shape index (κ3) is 5.16. The molecule has 0 atom stereocenters. The third-order valence-corrected chi connectivity index (χ3v) is 5.32. The molecule has 0 radical (unpaired) electrons. The fourth-order valence-corrected chi connectivity index (χ4v) is 3.67. The van der Waals surface area contributed by atoms with Gasteiger partial charge in [-0.15, -0.1) is 0 Å². The minimum atomic E-state index is -0.451. The smallest absolute Gasteiger partial charge is 0.270 e. The Morgan fingerprint density at radius 3 is 2.61 bits per heavy atom. The topological polar surface area (TPSA) is 66.7 Å². The lowest BCUT2D eigenvalue weighted by molar-refractivity contribution is -0.384. The van der Waals surface area contributed by atoms with E-state index in [1.54, 1.807) is 6.07 Å². The number of carbonyl (C=O) groups is 1. The van der Waals surface area contributed by atoms with Crippen molar-refractivity contribution in [3.05, 3.63) is 75.3 Å². The Morgan fingerprint density at radius 1 is 1.07 bits per heavy atom. The summed E-state index contributed by atoms with van der Waals surface area (Å²) in [5, 5.41) is 11.0. The van der Waals surface area contributed by atoms with Crippen LogP contribution in [-0.2, 0) is 6.42 Å². The number of carbonyl (C=O) groups excluding carboxylic acids is 1. The Hall–Kier alpha value is -2.73. The van der Waals surface area contributed by atoms with Gasteiger partial charge in [0.25, 0.3) is 11.6 Å². The van der Waals surface area contributed by atoms with Crippen molar-refractivity contribution in [1.82, 2.24) is 9.80 Å². The molecule has 0 N–H and O–H groups in total. The third-order valence-electron chi connectivity index (χ3n) is 5.32. The predicted octanol–water partition coefficient (Wildman–Crippen LogP) is 3.68. The lowest BCUT2D eigenvalue weighted by atomic mass is 10.1. The van der Waals surface area contributed by atoms with Crippen LogP contribution in [-0.4, -0.2) is 53.4 Å². The van der Waals surface area contributed by atoms with Crippen LogP contribution in [0.2, 0.25) is 0 Å². The summed E-state index contributed by atoms with van der Waals surface area (Å²) < 4.78 is 0. The number of rotatable bonds is 6. The van der Waals surface area contributed by atoms with E-state index in [9.17, 15) is 14.9 Å². The first-order valence-electron chi connectivity index (χ1n) is 9.85. The van der Waals surface area contributed by atoms with Crippen LogP contribution in [0.15, 0.2) is 48.5 Å². The quantitative estimate of drug-likeness (QED) is 0.565. The van der Waals surface area contributed by atoms with Gasteiger partial charge in [-0.25, -0.2) is 0 Å². The van der Waals surface area contributed by atoms with Gasteiger partial charge in [0, 0.05) is 37.3 Å². The fourth-order valence-electron chi connectivity index (χ4n) is 3.67. The summed E-state index contributed by atoms with van der Waals surface area (Å²) in [4.78, 5) is 27.8. The predicted molar refractivity (Wildman–Crippen MR) is 110 cm³/mol. The van der Waals surface area contributed by atoms with E-state index in [4.69, 9.17) is 0 Å². The molecule has 2 aromatic carbocycles. The van der Waals surface area contributed by atoms with Crippen molar-refractivity contribution >= 4 is 11.6 Å². The van der Waals surface area contributed by atoms with E-state index < -0.39 is 4.92 Å². The number of aryl methyl sites for hydroxylation is 2. The van der Waals surface area contributed by atoms with Gasteiger partial charge in [-0.05, 0) is 50.4 Å². The second-order valence-electron chi connectivity index (χ2n) is 7.33. The lowest BCUT2D eigenvalue weighted by Crippen LogP contribution is -2.35. The second kappa shape index (κ2) is 9.46. The summed E-state index contributed by atoms with van der Waals surface area (Å²) in [5.41, 5.74) is 2.54. The molecule has 1 aliphatic heterocycles. The van der Waals surface area contributed by atoms with Gasteiger partial charge in [-0.2, -0.15) is 0 Å². The van der Waals surface area contributed by atoms with Crippen LogP contribution in [0.3, 0.4) is 0 Å². The largest absolute Gasteiger partial charge is 0.337 e. The highest BCUT2D eigenvalue weighted by Crippen LogP contribution is 2.20. The van der Waals surface area contributed by atoms with Gasteiger partial charge < -0.3 is 9.80 Å². The van der Waals surface area contributed by atoms with Gasteiger partial charge in [0.05, 0.1) is 4.92 Å². The Morgan fingerprint density at radius 2 is 1.86 bits per heavy atom. The van der Waals surface area contributed by atoms with E-state index >= 15 is 0 Å². The Labute approximate surface area is 165 Å². The minimum absolute atomic E-state index is 0.0358. The molecule has 6 heteroatoms. The molecule has 1 fully saturated rings.